The maximum absolute atomic E-state index is 13.0. The quantitative estimate of drug-likeness (QED) is 0.883. The zero-order valence-corrected chi connectivity index (χ0v) is 13.9. The van der Waals surface area contributed by atoms with E-state index in [-0.39, 0.29) is 36.5 Å². The highest BCUT2D eigenvalue weighted by Crippen LogP contribution is 2.47. The van der Waals surface area contributed by atoms with E-state index in [2.05, 4.69) is 22.3 Å². The number of benzene rings is 2. The Kier molecular flexibility index (Phi) is 3.84. The topological polar surface area (TPSA) is 55.8 Å². The van der Waals surface area contributed by atoms with Crippen molar-refractivity contribution in [1.29, 1.82) is 0 Å². The first-order valence-corrected chi connectivity index (χ1v) is 8.36. The molecule has 0 spiro atoms. The first kappa shape index (κ1) is 15.9. The van der Waals surface area contributed by atoms with Gasteiger partial charge in [0.25, 0.3) is 0 Å². The van der Waals surface area contributed by atoms with Crippen molar-refractivity contribution in [2.45, 2.75) is 18.0 Å². The second-order valence-electron chi connectivity index (χ2n) is 6.63. The molecule has 0 unspecified atom stereocenters. The van der Waals surface area contributed by atoms with Crippen LogP contribution in [0.5, 0.6) is 0 Å². The van der Waals surface area contributed by atoms with Crippen LogP contribution in [0, 0.1) is 5.82 Å². The van der Waals surface area contributed by atoms with Crippen molar-refractivity contribution in [2.75, 3.05) is 30.4 Å². The summed E-state index contributed by atoms with van der Waals surface area (Å²) in [5.41, 5.74) is 2.86. The SMILES string of the molecule is CN1C[C@H]2[C@@H](c3ccccc31)[C@H](CO)N2C(=O)Nc1ccc(F)cc1. The Morgan fingerprint density at radius 3 is 2.68 bits per heavy atom. The molecule has 1 fully saturated rings. The van der Waals surface area contributed by atoms with Crippen LogP contribution >= 0.6 is 0 Å². The highest BCUT2D eigenvalue weighted by molar-refractivity contribution is 5.91. The summed E-state index contributed by atoms with van der Waals surface area (Å²) < 4.78 is 13.0. The molecule has 6 heteroatoms. The zero-order chi connectivity index (χ0) is 17.6. The number of amides is 2. The maximum atomic E-state index is 13.0. The second kappa shape index (κ2) is 6.04. The number of carbonyl (C=O) groups excluding carboxylic acids is 1. The van der Waals surface area contributed by atoms with Crippen LogP contribution in [0.4, 0.5) is 20.6 Å². The number of hydrogen-bond acceptors (Lipinski definition) is 3. The average molecular weight is 341 g/mol. The fourth-order valence-corrected chi connectivity index (χ4v) is 4.08. The van der Waals surface area contributed by atoms with E-state index in [0.717, 1.165) is 12.2 Å². The average Bonchev–Trinajstić information content (AvgIpc) is 2.60. The Balaban J connectivity index is 1.58. The number of hydrogen-bond donors (Lipinski definition) is 2. The molecule has 25 heavy (non-hydrogen) atoms. The summed E-state index contributed by atoms with van der Waals surface area (Å²) in [6.07, 6.45) is 0. The summed E-state index contributed by atoms with van der Waals surface area (Å²) in [7, 11) is 2.01. The second-order valence-corrected chi connectivity index (χ2v) is 6.63. The van der Waals surface area contributed by atoms with Gasteiger partial charge in [-0.3, -0.25) is 0 Å². The minimum absolute atomic E-state index is 0.0116. The van der Waals surface area contributed by atoms with Gasteiger partial charge in [-0.05, 0) is 35.9 Å². The summed E-state index contributed by atoms with van der Waals surface area (Å²) in [4.78, 5) is 16.6. The van der Waals surface area contributed by atoms with Gasteiger partial charge >= 0.3 is 6.03 Å². The third-order valence-corrected chi connectivity index (χ3v) is 5.23. The number of fused-ring (bicyclic) bond motifs is 3. The molecule has 0 saturated carbocycles. The molecule has 4 rings (SSSR count). The lowest BCUT2D eigenvalue weighted by molar-refractivity contribution is -0.00226. The number of likely N-dealkylation sites (N-methyl/N-ethyl adjacent to an activating group) is 1. The molecular weight excluding hydrogens is 321 g/mol. The Morgan fingerprint density at radius 2 is 1.96 bits per heavy atom. The van der Waals surface area contributed by atoms with E-state index in [1.54, 1.807) is 4.90 Å². The van der Waals surface area contributed by atoms with Gasteiger partial charge in [0.15, 0.2) is 0 Å². The summed E-state index contributed by atoms with van der Waals surface area (Å²) in [6.45, 7) is 0.630. The molecule has 2 aliphatic heterocycles. The Hall–Kier alpha value is -2.60. The predicted molar refractivity (Wildman–Crippen MR) is 94.4 cm³/mol. The number of aliphatic hydroxyl groups excluding tert-OH is 1. The molecule has 2 aliphatic rings. The monoisotopic (exact) mass is 341 g/mol. The van der Waals surface area contributed by atoms with E-state index in [1.807, 2.05) is 19.2 Å². The number of carbonyl (C=O) groups is 1. The first-order chi connectivity index (χ1) is 12.1. The van der Waals surface area contributed by atoms with Crippen LogP contribution in [0.3, 0.4) is 0 Å². The molecule has 0 radical (unpaired) electrons. The molecular formula is C19H20FN3O2. The smallest absolute Gasteiger partial charge is 0.322 e. The fraction of sp³-hybridized carbons (Fsp3) is 0.316. The molecule has 1 saturated heterocycles. The summed E-state index contributed by atoms with van der Waals surface area (Å²) in [6, 6.07) is 13.3. The third-order valence-electron chi connectivity index (χ3n) is 5.23. The van der Waals surface area contributed by atoms with Crippen molar-refractivity contribution in [3.05, 3.63) is 59.9 Å². The van der Waals surface area contributed by atoms with Crippen LogP contribution in [-0.2, 0) is 0 Å². The fourth-order valence-electron chi connectivity index (χ4n) is 4.08. The Bertz CT molecular complexity index is 796. The molecule has 2 amide bonds. The largest absolute Gasteiger partial charge is 0.394 e. The van der Waals surface area contributed by atoms with E-state index in [0.29, 0.717) is 5.69 Å². The highest BCUT2D eigenvalue weighted by atomic mass is 19.1. The van der Waals surface area contributed by atoms with Crippen molar-refractivity contribution < 1.29 is 14.3 Å². The number of likely N-dealkylation sites (tertiary alicyclic amines) is 1. The van der Waals surface area contributed by atoms with Gasteiger partial charge in [0.1, 0.15) is 5.82 Å². The highest BCUT2D eigenvalue weighted by Gasteiger charge is 2.54. The third kappa shape index (κ3) is 2.53. The van der Waals surface area contributed by atoms with Gasteiger partial charge in [0.05, 0.1) is 18.7 Å². The van der Waals surface area contributed by atoms with Gasteiger partial charge in [0.2, 0.25) is 0 Å². The summed E-state index contributed by atoms with van der Waals surface area (Å²) >= 11 is 0. The minimum Gasteiger partial charge on any atom is -0.394 e. The van der Waals surface area contributed by atoms with Crippen LogP contribution in [0.25, 0.3) is 0 Å². The lowest BCUT2D eigenvalue weighted by Crippen LogP contribution is -2.70. The van der Waals surface area contributed by atoms with Gasteiger partial charge in [-0.2, -0.15) is 0 Å². The van der Waals surface area contributed by atoms with Gasteiger partial charge in [0, 0.05) is 30.9 Å². The number of para-hydroxylation sites is 1. The van der Waals surface area contributed by atoms with Crippen LogP contribution in [0.15, 0.2) is 48.5 Å². The molecule has 3 atom stereocenters. The number of urea groups is 1. The molecule has 0 aromatic heterocycles. The molecule has 130 valence electrons. The van der Waals surface area contributed by atoms with Crippen LogP contribution in [0.1, 0.15) is 11.5 Å². The van der Waals surface area contributed by atoms with E-state index in [9.17, 15) is 14.3 Å². The molecule has 2 heterocycles. The number of rotatable bonds is 2. The van der Waals surface area contributed by atoms with Crippen molar-refractivity contribution in [3.63, 3.8) is 0 Å². The molecule has 2 aromatic rings. The molecule has 0 bridgehead atoms. The lowest BCUT2D eigenvalue weighted by Gasteiger charge is -2.58. The standard InChI is InChI=1S/C19H20FN3O2/c1-22-10-16-18(14-4-2-3-5-15(14)22)17(11-24)23(16)19(25)21-13-8-6-12(20)7-9-13/h2-9,16-18,24H,10-11H2,1H3,(H,21,25)/t16-,17-,18+/m0/s1. The van der Waals surface area contributed by atoms with Crippen molar-refractivity contribution in [1.82, 2.24) is 4.90 Å². The molecule has 5 nitrogen and oxygen atoms in total. The van der Waals surface area contributed by atoms with Crippen LogP contribution < -0.4 is 10.2 Å². The van der Waals surface area contributed by atoms with Gasteiger partial charge in [-0.15, -0.1) is 0 Å². The summed E-state index contributed by atoms with van der Waals surface area (Å²) in [5, 5.41) is 12.7. The van der Waals surface area contributed by atoms with Gasteiger partial charge in [-0.1, -0.05) is 18.2 Å². The van der Waals surface area contributed by atoms with Crippen molar-refractivity contribution in [2.24, 2.45) is 0 Å². The van der Waals surface area contributed by atoms with Crippen molar-refractivity contribution >= 4 is 17.4 Å². The minimum atomic E-state index is -0.347. The molecule has 2 aromatic carbocycles. The van der Waals surface area contributed by atoms with E-state index in [4.69, 9.17) is 0 Å². The maximum Gasteiger partial charge on any atom is 0.322 e. The van der Waals surface area contributed by atoms with Crippen LogP contribution in [0.2, 0.25) is 0 Å². The number of nitrogens with one attached hydrogen (secondary N) is 1. The van der Waals surface area contributed by atoms with E-state index in [1.165, 1.54) is 29.8 Å². The molecule has 0 aliphatic carbocycles. The van der Waals surface area contributed by atoms with Gasteiger partial charge < -0.3 is 20.2 Å². The normalized spacial score (nSPS) is 24.2. The van der Waals surface area contributed by atoms with Gasteiger partial charge in [-0.25, -0.2) is 9.18 Å². The predicted octanol–water partition coefficient (Wildman–Crippen LogP) is 2.64. The molecule has 2 N–H and O–H groups in total. The zero-order valence-electron chi connectivity index (χ0n) is 13.9. The number of anilines is 2. The number of aliphatic hydroxyl groups is 1. The summed E-state index contributed by atoms with van der Waals surface area (Å²) in [5.74, 6) is -0.211. The number of halogens is 1. The van der Waals surface area contributed by atoms with E-state index >= 15 is 0 Å². The van der Waals surface area contributed by atoms with Crippen molar-refractivity contribution in [3.8, 4) is 0 Å². The number of nitrogens with zero attached hydrogens (tertiary/aromatic N) is 2. The van der Waals surface area contributed by atoms with Crippen LogP contribution in [-0.4, -0.2) is 48.3 Å². The first-order valence-electron chi connectivity index (χ1n) is 8.36. The van der Waals surface area contributed by atoms with E-state index < -0.39 is 0 Å². The Morgan fingerprint density at radius 1 is 1.24 bits per heavy atom. The lowest BCUT2D eigenvalue weighted by atomic mass is 9.72. The Labute approximate surface area is 145 Å².